The van der Waals surface area contributed by atoms with Crippen molar-refractivity contribution in [2.45, 2.75) is 0 Å². The van der Waals surface area contributed by atoms with Crippen molar-refractivity contribution in [1.82, 2.24) is 9.97 Å². The van der Waals surface area contributed by atoms with Crippen LogP contribution in [-0.4, -0.2) is 9.97 Å². The molecule has 1 aromatic carbocycles. The van der Waals surface area contributed by atoms with Crippen molar-refractivity contribution in [3.8, 4) is 17.5 Å². The van der Waals surface area contributed by atoms with Crippen molar-refractivity contribution in [2.24, 2.45) is 0 Å². The van der Waals surface area contributed by atoms with Gasteiger partial charge < -0.3 is 0 Å². The van der Waals surface area contributed by atoms with Gasteiger partial charge in [-0.3, -0.25) is 4.98 Å². The smallest absolute Gasteiger partial charge is 0.141 e. The maximum absolute atomic E-state index is 9.04. The minimum absolute atomic E-state index is 0.411. The number of hydrogen-bond acceptors (Lipinski definition) is 3. The van der Waals surface area contributed by atoms with E-state index in [1.54, 1.807) is 12.3 Å². The van der Waals surface area contributed by atoms with Gasteiger partial charge in [0.1, 0.15) is 11.8 Å². The first-order valence-electron chi connectivity index (χ1n) is 5.60. The van der Waals surface area contributed by atoms with E-state index in [1.807, 2.05) is 42.5 Å². The van der Waals surface area contributed by atoms with Crippen LogP contribution in [0.1, 0.15) is 5.69 Å². The van der Waals surface area contributed by atoms with Crippen LogP contribution in [0, 0.1) is 11.3 Å². The largest absolute Gasteiger partial charge is 0.255 e. The first kappa shape index (κ1) is 10.4. The summed E-state index contributed by atoms with van der Waals surface area (Å²) in [5.74, 6) is 0. The first-order chi connectivity index (χ1) is 8.88. The summed E-state index contributed by atoms with van der Waals surface area (Å²) in [6.07, 6.45) is 1.73. The summed E-state index contributed by atoms with van der Waals surface area (Å²) in [7, 11) is 0. The summed E-state index contributed by atoms with van der Waals surface area (Å²) >= 11 is 0. The zero-order valence-electron chi connectivity index (χ0n) is 9.54. The predicted octanol–water partition coefficient (Wildman–Crippen LogP) is 3.17. The molecule has 18 heavy (non-hydrogen) atoms. The molecule has 3 rings (SSSR count). The number of nitriles is 1. The third-order valence-corrected chi connectivity index (χ3v) is 2.76. The molecule has 3 heteroatoms. The second-order valence-corrected chi connectivity index (χ2v) is 3.90. The van der Waals surface area contributed by atoms with Crippen LogP contribution in [0.2, 0.25) is 0 Å². The van der Waals surface area contributed by atoms with Gasteiger partial charge in [-0.1, -0.05) is 30.3 Å². The number of fused-ring (bicyclic) bond motifs is 1. The Balaban J connectivity index is 2.38. The van der Waals surface area contributed by atoms with Gasteiger partial charge in [0.15, 0.2) is 0 Å². The van der Waals surface area contributed by atoms with Crippen molar-refractivity contribution in [2.75, 3.05) is 0 Å². The first-order valence-corrected chi connectivity index (χ1v) is 5.60. The van der Waals surface area contributed by atoms with Gasteiger partial charge in [0, 0.05) is 11.6 Å². The van der Waals surface area contributed by atoms with Gasteiger partial charge in [-0.25, -0.2) is 4.98 Å². The summed E-state index contributed by atoms with van der Waals surface area (Å²) in [5.41, 5.74) is 1.95. The van der Waals surface area contributed by atoms with E-state index in [9.17, 15) is 0 Å². The lowest BCUT2D eigenvalue weighted by Gasteiger charge is -2.05. The Morgan fingerprint density at radius 3 is 2.61 bits per heavy atom. The molecule has 0 bridgehead atoms. The molecular formula is C15H9N3. The Morgan fingerprint density at radius 1 is 1.00 bits per heavy atom. The normalized spacial score (nSPS) is 10.2. The Labute approximate surface area is 104 Å². The van der Waals surface area contributed by atoms with Crippen LogP contribution in [0.25, 0.3) is 22.2 Å². The van der Waals surface area contributed by atoms with Gasteiger partial charge in [-0.05, 0) is 23.6 Å². The lowest BCUT2D eigenvalue weighted by Crippen LogP contribution is -1.92. The number of hydrogen-bond donors (Lipinski definition) is 0. The SMILES string of the molecule is N#Cc1cc2ccccc2c(-c2ccccn2)n1. The molecule has 0 aliphatic carbocycles. The van der Waals surface area contributed by atoms with Crippen LogP contribution in [-0.2, 0) is 0 Å². The van der Waals surface area contributed by atoms with Gasteiger partial charge in [0.2, 0.25) is 0 Å². The summed E-state index contributed by atoms with van der Waals surface area (Å²) < 4.78 is 0. The molecular weight excluding hydrogens is 222 g/mol. The van der Waals surface area contributed by atoms with E-state index in [-0.39, 0.29) is 0 Å². The topological polar surface area (TPSA) is 49.6 Å². The van der Waals surface area contributed by atoms with Crippen LogP contribution in [0.4, 0.5) is 0 Å². The van der Waals surface area contributed by atoms with Gasteiger partial charge in [0.05, 0.1) is 11.4 Å². The second kappa shape index (κ2) is 4.27. The average Bonchev–Trinajstić information content (AvgIpc) is 2.47. The maximum Gasteiger partial charge on any atom is 0.141 e. The molecule has 0 radical (unpaired) electrons. The fraction of sp³-hybridized carbons (Fsp3) is 0. The highest BCUT2D eigenvalue weighted by molar-refractivity contribution is 5.94. The van der Waals surface area contributed by atoms with Crippen molar-refractivity contribution in [1.29, 1.82) is 5.26 Å². The second-order valence-electron chi connectivity index (χ2n) is 3.90. The number of rotatable bonds is 1. The Hall–Kier alpha value is -2.73. The number of benzene rings is 1. The molecule has 2 aromatic heterocycles. The molecule has 0 unspecified atom stereocenters. The third kappa shape index (κ3) is 1.70. The molecule has 0 aliphatic heterocycles. The molecule has 0 atom stereocenters. The zero-order valence-corrected chi connectivity index (χ0v) is 9.54. The Morgan fingerprint density at radius 2 is 1.83 bits per heavy atom. The fourth-order valence-corrected chi connectivity index (χ4v) is 1.95. The van der Waals surface area contributed by atoms with E-state index < -0.39 is 0 Å². The quantitative estimate of drug-likeness (QED) is 0.646. The molecule has 0 N–H and O–H groups in total. The van der Waals surface area contributed by atoms with Crippen molar-refractivity contribution in [3.63, 3.8) is 0 Å². The lowest BCUT2D eigenvalue weighted by molar-refractivity contribution is 1.24. The maximum atomic E-state index is 9.04. The Bertz CT molecular complexity index is 743. The van der Waals surface area contributed by atoms with Crippen molar-refractivity contribution in [3.05, 3.63) is 60.4 Å². The average molecular weight is 231 g/mol. The molecule has 0 saturated heterocycles. The zero-order chi connectivity index (χ0) is 12.4. The number of pyridine rings is 2. The summed E-state index contributed by atoms with van der Waals surface area (Å²) in [5, 5.41) is 11.0. The molecule has 0 saturated carbocycles. The molecule has 0 spiro atoms. The molecule has 84 valence electrons. The van der Waals surface area contributed by atoms with Crippen molar-refractivity contribution >= 4 is 10.8 Å². The van der Waals surface area contributed by atoms with Crippen LogP contribution in [0.15, 0.2) is 54.7 Å². The van der Waals surface area contributed by atoms with E-state index in [1.165, 1.54) is 0 Å². The van der Waals surface area contributed by atoms with E-state index in [0.717, 1.165) is 22.2 Å². The molecule has 0 aliphatic rings. The number of nitrogens with zero attached hydrogens (tertiary/aromatic N) is 3. The number of aromatic nitrogens is 2. The standard InChI is InChI=1S/C15H9N3/c16-10-12-9-11-5-1-2-6-13(11)15(18-12)14-7-3-4-8-17-14/h1-9H. The van der Waals surface area contributed by atoms with Crippen LogP contribution in [0.5, 0.6) is 0 Å². The van der Waals surface area contributed by atoms with Gasteiger partial charge in [0.25, 0.3) is 0 Å². The molecule has 3 aromatic rings. The van der Waals surface area contributed by atoms with Gasteiger partial charge in [-0.15, -0.1) is 0 Å². The third-order valence-electron chi connectivity index (χ3n) is 2.76. The van der Waals surface area contributed by atoms with Crippen LogP contribution >= 0.6 is 0 Å². The minimum Gasteiger partial charge on any atom is -0.255 e. The minimum atomic E-state index is 0.411. The molecule has 0 fully saturated rings. The Kier molecular flexibility index (Phi) is 2.47. The van der Waals surface area contributed by atoms with Gasteiger partial charge >= 0.3 is 0 Å². The highest BCUT2D eigenvalue weighted by Gasteiger charge is 2.08. The highest BCUT2D eigenvalue weighted by Crippen LogP contribution is 2.25. The molecule has 3 nitrogen and oxygen atoms in total. The van der Waals surface area contributed by atoms with Crippen LogP contribution in [0.3, 0.4) is 0 Å². The molecule has 0 amide bonds. The highest BCUT2D eigenvalue weighted by atomic mass is 14.8. The van der Waals surface area contributed by atoms with Crippen LogP contribution < -0.4 is 0 Å². The lowest BCUT2D eigenvalue weighted by atomic mass is 10.1. The summed E-state index contributed by atoms with van der Waals surface area (Å²) in [6, 6.07) is 17.4. The van der Waals surface area contributed by atoms with E-state index in [2.05, 4.69) is 16.0 Å². The van der Waals surface area contributed by atoms with Gasteiger partial charge in [-0.2, -0.15) is 5.26 Å². The predicted molar refractivity (Wildman–Crippen MR) is 69.7 cm³/mol. The summed E-state index contributed by atoms with van der Waals surface area (Å²) in [6.45, 7) is 0. The van der Waals surface area contributed by atoms with E-state index in [4.69, 9.17) is 5.26 Å². The monoisotopic (exact) mass is 231 g/mol. The summed E-state index contributed by atoms with van der Waals surface area (Å²) in [4.78, 5) is 8.67. The molecule has 2 heterocycles. The van der Waals surface area contributed by atoms with E-state index in [0.29, 0.717) is 5.69 Å². The van der Waals surface area contributed by atoms with E-state index >= 15 is 0 Å². The van der Waals surface area contributed by atoms with Crippen molar-refractivity contribution < 1.29 is 0 Å². The fourth-order valence-electron chi connectivity index (χ4n) is 1.95.